The van der Waals surface area contributed by atoms with Gasteiger partial charge in [0.15, 0.2) is 0 Å². The fourth-order valence-electron chi connectivity index (χ4n) is 5.37. The smallest absolute Gasteiger partial charge is 1.00 e. The Balaban J connectivity index is 0.00000210. The van der Waals surface area contributed by atoms with Gasteiger partial charge in [0.2, 0.25) is 0 Å². The molecule has 0 N–H and O–H groups in total. The minimum atomic E-state index is -0.0959. The summed E-state index contributed by atoms with van der Waals surface area (Å²) >= 11 is 0. The molecule has 0 saturated heterocycles. The van der Waals surface area contributed by atoms with Crippen molar-refractivity contribution in [1.82, 2.24) is 0 Å². The third-order valence-corrected chi connectivity index (χ3v) is 6.35. The van der Waals surface area contributed by atoms with Crippen LogP contribution in [0, 0.1) is 17.3 Å². The molecule has 1 atom stereocenters. The van der Waals surface area contributed by atoms with E-state index in [0.717, 1.165) is 0 Å². The van der Waals surface area contributed by atoms with E-state index in [9.17, 15) is 0 Å². The summed E-state index contributed by atoms with van der Waals surface area (Å²) in [6.07, 6.45) is 10.7. The molecule has 0 nitrogen and oxygen atoms in total. The summed E-state index contributed by atoms with van der Waals surface area (Å²) in [6, 6.07) is 22.4. The van der Waals surface area contributed by atoms with Crippen LogP contribution in [0.1, 0.15) is 51.2 Å². The van der Waals surface area contributed by atoms with Crippen molar-refractivity contribution in [2.45, 2.75) is 45.4 Å². The van der Waals surface area contributed by atoms with E-state index >= 15 is 0 Å². The zero-order valence-electron chi connectivity index (χ0n) is 17.8. The fraction of sp³-hybridized carbons (Fsp3) is 0.346. The maximum absolute atomic E-state index is 2.41. The van der Waals surface area contributed by atoms with E-state index in [-0.39, 0.29) is 69.8 Å². The molecule has 0 amide bonds. The van der Waals surface area contributed by atoms with Crippen molar-refractivity contribution < 1.29 is 58.9 Å². The number of halogens is 3. The van der Waals surface area contributed by atoms with Gasteiger partial charge in [-0.3, -0.25) is 0 Å². The molecule has 30 heavy (non-hydrogen) atoms. The first-order valence-corrected chi connectivity index (χ1v) is 9.89. The van der Waals surface area contributed by atoms with Crippen molar-refractivity contribution in [2.75, 3.05) is 0 Å². The van der Waals surface area contributed by atoms with Crippen LogP contribution in [0.3, 0.4) is 0 Å². The molecule has 0 heterocycles. The Labute approximate surface area is 216 Å². The average Bonchev–Trinajstić information content (AvgIpc) is 3.08. The van der Waals surface area contributed by atoms with Crippen molar-refractivity contribution >= 4 is 0 Å². The van der Waals surface area contributed by atoms with Crippen LogP contribution in [-0.4, -0.2) is 0 Å². The van der Waals surface area contributed by atoms with E-state index in [1.807, 2.05) is 0 Å². The van der Waals surface area contributed by atoms with E-state index < -0.39 is 0 Å². The average molecular weight is 496 g/mol. The largest absolute Gasteiger partial charge is 4.00 e. The van der Waals surface area contributed by atoms with Crippen LogP contribution in [0.25, 0.3) is 0 Å². The monoisotopic (exact) mass is 494 g/mol. The van der Waals surface area contributed by atoms with Gasteiger partial charge in [-0.1, -0.05) is 94.3 Å². The van der Waals surface area contributed by atoms with Crippen molar-refractivity contribution in [2.24, 2.45) is 11.3 Å². The summed E-state index contributed by atoms with van der Waals surface area (Å²) < 4.78 is 0. The van der Waals surface area contributed by atoms with Gasteiger partial charge in [0.05, 0.1) is 0 Å². The first-order chi connectivity index (χ1) is 12.5. The third-order valence-electron chi connectivity index (χ3n) is 6.35. The molecule has 1 saturated carbocycles. The molecule has 0 radical (unpaired) electrons. The number of benzene rings is 2. The van der Waals surface area contributed by atoms with Gasteiger partial charge in [-0.25, -0.2) is 11.6 Å². The second-order valence-electron chi connectivity index (χ2n) is 8.73. The molecule has 158 valence electrons. The summed E-state index contributed by atoms with van der Waals surface area (Å²) in [5.41, 5.74) is 4.41. The summed E-state index contributed by atoms with van der Waals surface area (Å²) in [5, 5.41) is 0. The van der Waals surface area contributed by atoms with E-state index in [1.54, 1.807) is 11.5 Å². The van der Waals surface area contributed by atoms with Gasteiger partial charge in [-0.05, 0) is 34.3 Å². The van der Waals surface area contributed by atoms with Crippen LogP contribution in [0.2, 0.25) is 0 Å². The second kappa shape index (κ2) is 11.8. The van der Waals surface area contributed by atoms with Gasteiger partial charge in [0.1, 0.15) is 0 Å². The van der Waals surface area contributed by atoms with Crippen molar-refractivity contribution in [3.63, 3.8) is 0 Å². The predicted octanol–water partition coefficient (Wildman–Crippen LogP) is -2.10. The summed E-state index contributed by atoms with van der Waals surface area (Å²) in [7, 11) is 0. The first kappa shape index (κ1) is 29.4. The Hall–Kier alpha value is -0.626. The topological polar surface area (TPSA) is 0 Å². The number of hydrogen-bond donors (Lipinski definition) is 0. The van der Waals surface area contributed by atoms with Gasteiger partial charge in [0, 0.05) is 0 Å². The van der Waals surface area contributed by atoms with Crippen LogP contribution in [0.15, 0.2) is 84.5 Å². The molecule has 0 aliphatic heterocycles. The zero-order valence-corrected chi connectivity index (χ0v) is 21.7. The van der Waals surface area contributed by atoms with Crippen LogP contribution in [-0.2, 0) is 27.1 Å². The number of fused-ring (bicyclic) bond motifs is 1. The van der Waals surface area contributed by atoms with Gasteiger partial charge in [-0.2, -0.15) is 5.92 Å². The summed E-state index contributed by atoms with van der Waals surface area (Å²) in [4.78, 5) is 0. The van der Waals surface area contributed by atoms with Gasteiger partial charge in [-0.15, -0.1) is 12.2 Å². The van der Waals surface area contributed by atoms with Gasteiger partial charge < -0.3 is 37.2 Å². The fourth-order valence-corrected chi connectivity index (χ4v) is 5.37. The molecule has 1 fully saturated rings. The van der Waals surface area contributed by atoms with Crippen molar-refractivity contribution in [3.8, 4) is 0 Å². The van der Waals surface area contributed by atoms with E-state index in [4.69, 9.17) is 0 Å². The van der Waals surface area contributed by atoms with Gasteiger partial charge >= 0.3 is 21.7 Å². The quantitative estimate of drug-likeness (QED) is 0.338. The molecule has 0 bridgehead atoms. The Morgan fingerprint density at radius 2 is 1.30 bits per heavy atom. The molecule has 4 rings (SSSR count). The maximum atomic E-state index is 2.41. The molecule has 0 aromatic heterocycles. The Kier molecular flexibility index (Phi) is 11.6. The molecule has 2 aromatic carbocycles. The third kappa shape index (κ3) is 4.89. The number of allylic oxidation sites excluding steroid dienone is 4. The number of hydrogen-bond acceptors (Lipinski definition) is 0. The molecular weight excluding hydrogens is 467 g/mol. The predicted molar refractivity (Wildman–Crippen MR) is 111 cm³/mol. The molecule has 2 aliphatic carbocycles. The Morgan fingerprint density at radius 3 is 1.77 bits per heavy atom. The van der Waals surface area contributed by atoms with E-state index in [0.29, 0.717) is 5.92 Å². The summed E-state index contributed by atoms with van der Waals surface area (Å²) in [5.74, 6) is 2.33. The maximum Gasteiger partial charge on any atom is 4.00 e. The zero-order chi connectivity index (χ0) is 18.2. The standard InChI is InChI=1S/C26H29.3ClH.Ti/c1-25(2,3)26(21-13-6-4-7-14-21,22-15-8-5-9-16-22)24-19-18-20-12-10-11-17-23(20)24;;;;/h4-11,13-17,20H,12,18-19H2,1-3H3;3*1H;/q-1;;;;+4/p-3. The summed E-state index contributed by atoms with van der Waals surface area (Å²) in [6.45, 7) is 7.23. The SMILES string of the molecule is CC(C)(C)C(c1ccccc1)(c1ccccc1)[C-]1CCC2CC=CC=C12.[Cl-].[Cl-].[Cl-].[Ti+4]. The normalized spacial score (nSPS) is 17.4. The second-order valence-corrected chi connectivity index (χ2v) is 8.73. The molecule has 2 aliphatic rings. The first-order valence-electron chi connectivity index (χ1n) is 9.89. The van der Waals surface area contributed by atoms with E-state index in [2.05, 4.69) is 99.7 Å². The van der Waals surface area contributed by atoms with Crippen LogP contribution < -0.4 is 37.2 Å². The van der Waals surface area contributed by atoms with Crippen molar-refractivity contribution in [3.05, 3.63) is 102 Å². The van der Waals surface area contributed by atoms with E-state index in [1.165, 1.54) is 30.4 Å². The molecule has 0 spiro atoms. The molecular formula is C26H29Cl3Ti. The minimum Gasteiger partial charge on any atom is -1.00 e. The Morgan fingerprint density at radius 1 is 0.800 bits per heavy atom. The van der Waals surface area contributed by atoms with Crippen LogP contribution in [0.4, 0.5) is 0 Å². The molecule has 2 aromatic rings. The molecule has 4 heteroatoms. The Bertz CT molecular complexity index is 783. The number of rotatable bonds is 3. The van der Waals surface area contributed by atoms with Gasteiger partial charge in [0.25, 0.3) is 0 Å². The minimum absolute atomic E-state index is 0. The van der Waals surface area contributed by atoms with Crippen LogP contribution in [0.5, 0.6) is 0 Å². The molecule has 1 unspecified atom stereocenters. The van der Waals surface area contributed by atoms with Crippen molar-refractivity contribution in [1.29, 1.82) is 0 Å². The van der Waals surface area contributed by atoms with Crippen LogP contribution >= 0.6 is 0 Å².